The van der Waals surface area contributed by atoms with E-state index in [9.17, 15) is 13.6 Å². The summed E-state index contributed by atoms with van der Waals surface area (Å²) in [5.41, 5.74) is 1.44. The topological polar surface area (TPSA) is 47.8 Å². The van der Waals surface area contributed by atoms with Crippen LogP contribution in [0.25, 0.3) is 28.7 Å². The molecule has 0 unspecified atom stereocenters. The van der Waals surface area contributed by atoms with E-state index in [-0.39, 0.29) is 11.2 Å². The van der Waals surface area contributed by atoms with Crippen molar-refractivity contribution in [3.63, 3.8) is 0 Å². The molecule has 2 aromatic heterocycles. The van der Waals surface area contributed by atoms with Crippen molar-refractivity contribution in [1.29, 1.82) is 0 Å². The number of fused-ring (bicyclic) bond motifs is 1. The van der Waals surface area contributed by atoms with Crippen molar-refractivity contribution < 1.29 is 8.78 Å². The Hall–Kier alpha value is -3.67. The van der Waals surface area contributed by atoms with Crippen LogP contribution >= 0.6 is 0 Å². The van der Waals surface area contributed by atoms with Gasteiger partial charge in [-0.25, -0.2) is 13.8 Å². The molecule has 4 rings (SSSR count). The molecule has 0 aliphatic carbocycles. The number of aromatic nitrogens is 3. The largest absolute Gasteiger partial charge is 0.268 e. The van der Waals surface area contributed by atoms with Crippen molar-refractivity contribution in [2.45, 2.75) is 6.92 Å². The highest BCUT2D eigenvalue weighted by Crippen LogP contribution is 2.18. The lowest BCUT2D eigenvalue weighted by Gasteiger charge is -2.13. The molecular formula is C22H15F2N3O. The number of hydrogen-bond donors (Lipinski definition) is 0. The SMILES string of the molecule is Cc1ncccc1-n1c(/C=C/c2ccccc2F)nc2ccc(F)cc2c1=O. The smallest absolute Gasteiger partial charge is 0.266 e. The minimum atomic E-state index is -0.518. The van der Waals surface area contributed by atoms with E-state index in [1.54, 1.807) is 55.6 Å². The van der Waals surface area contributed by atoms with Gasteiger partial charge in [0.25, 0.3) is 5.56 Å². The van der Waals surface area contributed by atoms with E-state index in [2.05, 4.69) is 9.97 Å². The summed E-state index contributed by atoms with van der Waals surface area (Å²) in [5, 5.41) is 0.159. The third kappa shape index (κ3) is 3.20. The molecule has 4 aromatic rings. The Kier molecular flexibility index (Phi) is 4.53. The molecule has 0 radical (unpaired) electrons. The molecule has 138 valence electrons. The first-order valence-electron chi connectivity index (χ1n) is 8.61. The molecule has 0 bridgehead atoms. The summed E-state index contributed by atoms with van der Waals surface area (Å²) in [6, 6.07) is 13.6. The fourth-order valence-corrected chi connectivity index (χ4v) is 3.01. The number of hydrogen-bond acceptors (Lipinski definition) is 3. The molecule has 6 heteroatoms. The first-order chi connectivity index (χ1) is 13.5. The quantitative estimate of drug-likeness (QED) is 0.528. The third-order valence-electron chi connectivity index (χ3n) is 4.39. The molecule has 0 saturated heterocycles. The van der Waals surface area contributed by atoms with Crippen LogP contribution in [0.15, 0.2) is 65.6 Å². The molecule has 0 N–H and O–H groups in total. The van der Waals surface area contributed by atoms with Crippen LogP contribution in [0.2, 0.25) is 0 Å². The summed E-state index contributed by atoms with van der Waals surface area (Å²) in [6.45, 7) is 1.77. The first-order valence-corrected chi connectivity index (χ1v) is 8.61. The second-order valence-electron chi connectivity index (χ2n) is 6.23. The van der Waals surface area contributed by atoms with Gasteiger partial charge in [-0.3, -0.25) is 14.3 Å². The highest BCUT2D eigenvalue weighted by Gasteiger charge is 2.14. The maximum Gasteiger partial charge on any atom is 0.266 e. The maximum absolute atomic E-state index is 14.0. The van der Waals surface area contributed by atoms with Crippen molar-refractivity contribution >= 4 is 23.1 Å². The normalized spacial score (nSPS) is 11.4. The van der Waals surface area contributed by atoms with Gasteiger partial charge in [0.05, 0.1) is 22.3 Å². The van der Waals surface area contributed by atoms with Gasteiger partial charge in [0.1, 0.15) is 17.5 Å². The molecule has 4 nitrogen and oxygen atoms in total. The Bertz CT molecular complexity index is 1280. The molecule has 2 aromatic carbocycles. The number of benzene rings is 2. The van der Waals surface area contributed by atoms with E-state index in [0.717, 1.165) is 6.07 Å². The van der Waals surface area contributed by atoms with Crippen molar-refractivity contribution in [3.05, 3.63) is 99.9 Å². The molecule has 0 fully saturated rings. The second kappa shape index (κ2) is 7.15. The van der Waals surface area contributed by atoms with Crippen LogP contribution in [0, 0.1) is 18.6 Å². The molecule has 0 atom stereocenters. The molecule has 0 aliphatic rings. The predicted octanol–water partition coefficient (Wildman–Crippen LogP) is 4.54. The summed E-state index contributed by atoms with van der Waals surface area (Å²) >= 11 is 0. The van der Waals surface area contributed by atoms with Crippen LogP contribution in [0.3, 0.4) is 0 Å². The molecular weight excluding hydrogens is 360 g/mol. The fourth-order valence-electron chi connectivity index (χ4n) is 3.01. The van der Waals surface area contributed by atoms with Gasteiger partial charge in [0.2, 0.25) is 0 Å². The molecule has 28 heavy (non-hydrogen) atoms. The minimum absolute atomic E-state index is 0.159. The van der Waals surface area contributed by atoms with Crippen molar-refractivity contribution in [2.24, 2.45) is 0 Å². The van der Waals surface area contributed by atoms with Crippen LogP contribution in [0.5, 0.6) is 0 Å². The minimum Gasteiger partial charge on any atom is -0.268 e. The maximum atomic E-state index is 14.0. The monoisotopic (exact) mass is 375 g/mol. The van der Waals surface area contributed by atoms with E-state index >= 15 is 0 Å². The van der Waals surface area contributed by atoms with Crippen LogP contribution in [-0.2, 0) is 0 Å². The van der Waals surface area contributed by atoms with Crippen molar-refractivity contribution in [2.75, 3.05) is 0 Å². The average molecular weight is 375 g/mol. The molecule has 0 saturated carbocycles. The zero-order valence-corrected chi connectivity index (χ0v) is 14.9. The Labute approximate surface area is 159 Å². The summed E-state index contributed by atoms with van der Waals surface area (Å²) in [4.78, 5) is 21.9. The summed E-state index contributed by atoms with van der Waals surface area (Å²) in [7, 11) is 0. The van der Waals surface area contributed by atoms with E-state index in [4.69, 9.17) is 0 Å². The lowest BCUT2D eigenvalue weighted by atomic mass is 10.2. The molecule has 2 heterocycles. The Balaban J connectivity index is 2.00. The fraction of sp³-hybridized carbons (Fsp3) is 0.0455. The van der Waals surface area contributed by atoms with Crippen molar-refractivity contribution in [3.8, 4) is 5.69 Å². The number of aryl methyl sites for hydroxylation is 1. The van der Waals surface area contributed by atoms with Crippen LogP contribution in [0.1, 0.15) is 17.1 Å². The Morgan fingerprint density at radius 2 is 1.82 bits per heavy atom. The Morgan fingerprint density at radius 1 is 1.00 bits per heavy atom. The van der Waals surface area contributed by atoms with Gasteiger partial charge in [0.15, 0.2) is 0 Å². The highest BCUT2D eigenvalue weighted by atomic mass is 19.1. The molecule has 0 amide bonds. The van der Waals surface area contributed by atoms with Gasteiger partial charge in [-0.05, 0) is 55.5 Å². The first kappa shape index (κ1) is 17.7. The highest BCUT2D eigenvalue weighted by molar-refractivity contribution is 5.80. The van der Waals surface area contributed by atoms with Gasteiger partial charge < -0.3 is 0 Å². The lowest BCUT2D eigenvalue weighted by molar-refractivity contribution is 0.625. The molecule has 0 spiro atoms. The average Bonchev–Trinajstić information content (AvgIpc) is 2.69. The van der Waals surface area contributed by atoms with E-state index in [0.29, 0.717) is 28.3 Å². The van der Waals surface area contributed by atoms with Gasteiger partial charge in [-0.1, -0.05) is 18.2 Å². The van der Waals surface area contributed by atoms with Crippen LogP contribution < -0.4 is 5.56 Å². The number of nitrogens with zero attached hydrogens (tertiary/aromatic N) is 3. The van der Waals surface area contributed by atoms with E-state index in [1.165, 1.54) is 22.8 Å². The lowest BCUT2D eigenvalue weighted by Crippen LogP contribution is -2.23. The van der Waals surface area contributed by atoms with Gasteiger partial charge in [0, 0.05) is 11.8 Å². The zero-order valence-electron chi connectivity index (χ0n) is 14.9. The Morgan fingerprint density at radius 3 is 2.61 bits per heavy atom. The zero-order chi connectivity index (χ0) is 19.7. The van der Waals surface area contributed by atoms with Crippen molar-refractivity contribution in [1.82, 2.24) is 14.5 Å². The third-order valence-corrected chi connectivity index (χ3v) is 4.39. The summed E-state index contributed by atoms with van der Waals surface area (Å²) < 4.78 is 29.0. The van der Waals surface area contributed by atoms with Crippen LogP contribution in [-0.4, -0.2) is 14.5 Å². The number of rotatable bonds is 3. The number of halogens is 2. The summed E-state index contributed by atoms with van der Waals surface area (Å²) in [6.07, 6.45) is 4.73. The second-order valence-corrected chi connectivity index (χ2v) is 6.23. The predicted molar refractivity (Wildman–Crippen MR) is 105 cm³/mol. The van der Waals surface area contributed by atoms with Gasteiger partial charge >= 0.3 is 0 Å². The standard InChI is InChI=1S/C22H15F2N3O/c1-14-20(7-4-12-25-14)27-21(11-8-15-5-2-3-6-18(15)24)26-19-10-9-16(23)13-17(19)22(27)28/h2-13H,1H3/b11-8+. The van der Waals surface area contributed by atoms with E-state index in [1.807, 2.05) is 0 Å². The van der Waals surface area contributed by atoms with E-state index < -0.39 is 11.4 Å². The summed E-state index contributed by atoms with van der Waals surface area (Å²) in [5.74, 6) is -0.605. The van der Waals surface area contributed by atoms with Gasteiger partial charge in [-0.15, -0.1) is 0 Å². The van der Waals surface area contributed by atoms with Gasteiger partial charge in [-0.2, -0.15) is 0 Å². The number of pyridine rings is 1. The molecule has 0 aliphatic heterocycles. The van der Waals surface area contributed by atoms with Crippen LogP contribution in [0.4, 0.5) is 8.78 Å².